The molecule has 1 saturated carbocycles. The molecular weight excluding hydrogens is 442 g/mol. The molecular formula is C26H27N7O2. The Balaban J connectivity index is 1.61. The van der Waals surface area contributed by atoms with Crippen LogP contribution in [0.1, 0.15) is 42.9 Å². The van der Waals surface area contributed by atoms with Gasteiger partial charge in [0.2, 0.25) is 0 Å². The first-order valence-electron chi connectivity index (χ1n) is 11.9. The molecule has 3 N–H and O–H groups in total. The highest BCUT2D eigenvalue weighted by atomic mass is 16.2. The Morgan fingerprint density at radius 2 is 1.89 bits per heavy atom. The quantitative estimate of drug-likeness (QED) is 0.420. The molecule has 6 rings (SSSR count). The molecule has 1 aliphatic carbocycles. The van der Waals surface area contributed by atoms with Gasteiger partial charge in [0, 0.05) is 31.6 Å². The Morgan fingerprint density at radius 3 is 2.66 bits per heavy atom. The van der Waals surface area contributed by atoms with E-state index in [0.717, 1.165) is 35.0 Å². The van der Waals surface area contributed by atoms with Crippen LogP contribution in [0.4, 0.5) is 0 Å². The van der Waals surface area contributed by atoms with Crippen molar-refractivity contribution in [1.82, 2.24) is 29.1 Å². The third-order valence-electron chi connectivity index (χ3n) is 7.39. The highest BCUT2D eigenvalue weighted by molar-refractivity contribution is 5.90. The van der Waals surface area contributed by atoms with E-state index >= 15 is 0 Å². The van der Waals surface area contributed by atoms with Gasteiger partial charge in [-0.1, -0.05) is 31.0 Å². The second-order valence-electron chi connectivity index (χ2n) is 9.34. The number of aryl methyl sites for hydroxylation is 2. The molecule has 0 amide bonds. The largest absolute Gasteiger partial charge is 0.334 e. The zero-order chi connectivity index (χ0) is 24.3. The van der Waals surface area contributed by atoms with Gasteiger partial charge >= 0.3 is 5.69 Å². The van der Waals surface area contributed by atoms with E-state index in [4.69, 9.17) is 5.73 Å². The van der Waals surface area contributed by atoms with E-state index in [1.807, 2.05) is 38.4 Å². The molecule has 35 heavy (non-hydrogen) atoms. The number of imidazole rings is 1. The van der Waals surface area contributed by atoms with Gasteiger partial charge in [0.05, 0.1) is 28.3 Å². The molecule has 3 aromatic heterocycles. The summed E-state index contributed by atoms with van der Waals surface area (Å²) in [7, 11) is 3.68. The zero-order valence-corrected chi connectivity index (χ0v) is 19.8. The molecule has 1 fully saturated rings. The summed E-state index contributed by atoms with van der Waals surface area (Å²) in [5.41, 5.74) is 10.8. The molecule has 0 aliphatic heterocycles. The van der Waals surface area contributed by atoms with Gasteiger partial charge in [0.1, 0.15) is 5.82 Å². The number of H-pyrrole nitrogens is 1. The van der Waals surface area contributed by atoms with Crippen LogP contribution in [-0.4, -0.2) is 29.1 Å². The number of rotatable bonds is 4. The molecule has 9 heteroatoms. The summed E-state index contributed by atoms with van der Waals surface area (Å²) >= 11 is 0. The molecule has 0 atom stereocenters. The number of nitrogens with two attached hydrogens (primary N) is 1. The molecule has 0 radical (unpaired) electrons. The van der Waals surface area contributed by atoms with Crippen LogP contribution in [0.3, 0.4) is 0 Å². The SMILES string of the molecule is Cn1ncc(-c2ccc3c(=O)[nH]nc(CN)c3c2)c1-n1c(=O)n(C)c2c(C3CCCC3)cccc21. The lowest BCUT2D eigenvalue weighted by molar-refractivity contribution is 0.713. The number of hydrogen-bond acceptors (Lipinski definition) is 5. The van der Waals surface area contributed by atoms with Gasteiger partial charge in [0.25, 0.3) is 5.56 Å². The minimum atomic E-state index is -0.264. The van der Waals surface area contributed by atoms with E-state index in [0.29, 0.717) is 28.2 Å². The molecule has 5 aromatic rings. The maximum absolute atomic E-state index is 13.7. The topological polar surface area (TPSA) is 117 Å². The van der Waals surface area contributed by atoms with Crippen LogP contribution >= 0.6 is 0 Å². The van der Waals surface area contributed by atoms with Crippen LogP contribution < -0.4 is 17.0 Å². The maximum atomic E-state index is 13.7. The molecule has 9 nitrogen and oxygen atoms in total. The maximum Gasteiger partial charge on any atom is 0.334 e. The Morgan fingerprint density at radius 1 is 1.09 bits per heavy atom. The van der Waals surface area contributed by atoms with Crippen molar-refractivity contribution in [1.29, 1.82) is 0 Å². The number of aromatic nitrogens is 6. The summed E-state index contributed by atoms with van der Waals surface area (Å²) in [4.78, 5) is 26.0. The van der Waals surface area contributed by atoms with Crippen molar-refractivity contribution in [3.8, 4) is 16.9 Å². The number of benzene rings is 2. The summed E-state index contributed by atoms with van der Waals surface area (Å²) in [6.45, 7) is 0.198. The lowest BCUT2D eigenvalue weighted by Gasteiger charge is -2.13. The van der Waals surface area contributed by atoms with E-state index in [9.17, 15) is 9.59 Å². The second-order valence-corrected chi connectivity index (χ2v) is 9.34. The Bertz CT molecular complexity index is 1710. The van der Waals surface area contributed by atoms with Crippen molar-refractivity contribution >= 4 is 21.8 Å². The van der Waals surface area contributed by atoms with E-state index < -0.39 is 0 Å². The van der Waals surface area contributed by atoms with Gasteiger partial charge in [0.15, 0.2) is 0 Å². The monoisotopic (exact) mass is 469 g/mol. The van der Waals surface area contributed by atoms with Crippen molar-refractivity contribution < 1.29 is 0 Å². The predicted molar refractivity (Wildman–Crippen MR) is 136 cm³/mol. The highest BCUT2D eigenvalue weighted by Gasteiger charge is 2.25. The first kappa shape index (κ1) is 21.5. The first-order valence-corrected chi connectivity index (χ1v) is 11.9. The summed E-state index contributed by atoms with van der Waals surface area (Å²) in [6.07, 6.45) is 6.52. The Labute approximate surface area is 200 Å². The van der Waals surface area contributed by atoms with Gasteiger partial charge in [-0.25, -0.2) is 14.5 Å². The van der Waals surface area contributed by atoms with Gasteiger partial charge in [-0.15, -0.1) is 0 Å². The van der Waals surface area contributed by atoms with Crippen molar-refractivity contribution in [2.45, 2.75) is 38.1 Å². The van der Waals surface area contributed by atoms with Gasteiger partial charge < -0.3 is 5.73 Å². The summed E-state index contributed by atoms with van der Waals surface area (Å²) < 4.78 is 5.23. The normalized spacial score (nSPS) is 14.5. The van der Waals surface area contributed by atoms with Crippen LogP contribution in [-0.2, 0) is 20.6 Å². The van der Waals surface area contributed by atoms with Crippen molar-refractivity contribution in [2.24, 2.45) is 19.8 Å². The fourth-order valence-electron chi connectivity index (χ4n) is 5.66. The molecule has 0 unspecified atom stereocenters. The molecule has 2 aromatic carbocycles. The first-order chi connectivity index (χ1) is 17.0. The summed E-state index contributed by atoms with van der Waals surface area (Å²) in [5.74, 6) is 1.16. The average Bonchev–Trinajstić information content (AvgIpc) is 3.59. The fraction of sp³-hybridized carbons (Fsp3) is 0.308. The minimum Gasteiger partial charge on any atom is -0.325 e. The minimum absolute atomic E-state index is 0.114. The van der Waals surface area contributed by atoms with Gasteiger partial charge in [-0.3, -0.25) is 14.0 Å². The van der Waals surface area contributed by atoms with Gasteiger partial charge in [-0.2, -0.15) is 10.2 Å². The molecule has 1 aliphatic rings. The third kappa shape index (κ3) is 3.19. The third-order valence-corrected chi connectivity index (χ3v) is 7.39. The lowest BCUT2D eigenvalue weighted by Crippen LogP contribution is -2.23. The summed E-state index contributed by atoms with van der Waals surface area (Å²) in [5, 5.41) is 12.3. The smallest absolute Gasteiger partial charge is 0.325 e. The summed E-state index contributed by atoms with van der Waals surface area (Å²) in [6, 6.07) is 11.8. The van der Waals surface area contributed by atoms with Crippen molar-refractivity contribution in [2.75, 3.05) is 0 Å². The van der Waals surface area contributed by atoms with Crippen molar-refractivity contribution in [3.63, 3.8) is 0 Å². The van der Waals surface area contributed by atoms with Crippen LogP contribution in [0, 0.1) is 0 Å². The van der Waals surface area contributed by atoms with E-state index in [1.54, 1.807) is 26.1 Å². The van der Waals surface area contributed by atoms with Crippen LogP contribution in [0.15, 0.2) is 52.2 Å². The Hall–Kier alpha value is -3.98. The van der Waals surface area contributed by atoms with E-state index in [2.05, 4.69) is 21.4 Å². The van der Waals surface area contributed by atoms with E-state index in [1.165, 1.54) is 18.4 Å². The van der Waals surface area contributed by atoms with Gasteiger partial charge in [-0.05, 0) is 48.1 Å². The lowest BCUT2D eigenvalue weighted by atomic mass is 9.96. The molecule has 0 spiro atoms. The number of nitrogens with zero attached hydrogens (tertiary/aromatic N) is 5. The molecule has 0 bridgehead atoms. The van der Waals surface area contributed by atoms with E-state index in [-0.39, 0.29) is 17.8 Å². The second kappa shape index (κ2) is 8.06. The standard InChI is InChI=1S/C26H27N7O2/c1-31-23-17(15-6-3-4-7-15)8-5-9-22(23)33(26(31)35)25-20(14-28-32(25)2)16-10-11-18-19(12-16)21(13-27)29-30-24(18)34/h5,8-12,14-15H,3-4,6-7,13,27H2,1-2H3,(H,30,34). The molecule has 178 valence electrons. The molecule has 3 heterocycles. The fourth-order valence-corrected chi connectivity index (χ4v) is 5.66. The molecule has 0 saturated heterocycles. The number of fused-ring (bicyclic) bond motifs is 2. The number of aromatic amines is 1. The van der Waals surface area contributed by atoms with Crippen LogP contribution in [0.5, 0.6) is 0 Å². The zero-order valence-electron chi connectivity index (χ0n) is 19.8. The number of para-hydroxylation sites is 1. The highest BCUT2D eigenvalue weighted by Crippen LogP contribution is 2.38. The number of nitrogens with one attached hydrogen (secondary N) is 1. The van der Waals surface area contributed by atoms with Crippen molar-refractivity contribution in [3.05, 3.63) is 74.7 Å². The predicted octanol–water partition coefficient (Wildman–Crippen LogP) is 3.08. The average molecular weight is 470 g/mol. The van der Waals surface area contributed by atoms with Crippen LogP contribution in [0.25, 0.3) is 38.8 Å². The van der Waals surface area contributed by atoms with Crippen LogP contribution in [0.2, 0.25) is 0 Å². The number of hydrogen-bond donors (Lipinski definition) is 2. The Kier molecular flexibility index (Phi) is 4.96.